The fourth-order valence-corrected chi connectivity index (χ4v) is 7.43. The molecule has 2 aromatic heterocycles. The lowest BCUT2D eigenvalue weighted by Crippen LogP contribution is -2.44. The number of likely N-dealkylation sites (N-methyl/N-ethyl adjacent to an activating group) is 1. The van der Waals surface area contributed by atoms with E-state index in [2.05, 4.69) is 63.0 Å². The van der Waals surface area contributed by atoms with Gasteiger partial charge in [0.05, 0.1) is 10.6 Å². The van der Waals surface area contributed by atoms with Crippen molar-refractivity contribution in [1.82, 2.24) is 24.8 Å². The maximum Gasteiger partial charge on any atom is 0.262 e. The number of piperazine rings is 1. The predicted octanol–water partition coefficient (Wildman–Crippen LogP) is 3.14. The number of nitrogens with one attached hydrogen (secondary N) is 2. The highest BCUT2D eigenvalue weighted by Crippen LogP contribution is 2.29. The second kappa shape index (κ2) is 11.2. The fourth-order valence-electron chi connectivity index (χ4n) is 5.76. The molecule has 6 rings (SSSR count). The molecule has 1 aromatic carbocycles. The molecular formula is C29H38N8OS. The molecular weight excluding hydrogens is 508 g/mol. The third-order valence-electron chi connectivity index (χ3n) is 8.12. The Hall–Kier alpha value is -3.08. The first-order valence-electron chi connectivity index (χ1n) is 14.0. The number of hydrogen-bond donors (Lipinski definition) is 2. The van der Waals surface area contributed by atoms with Gasteiger partial charge < -0.3 is 20.4 Å². The summed E-state index contributed by atoms with van der Waals surface area (Å²) < 4.78 is 1.76. The molecule has 0 amide bonds. The van der Waals surface area contributed by atoms with Gasteiger partial charge in [-0.3, -0.25) is 9.36 Å². The van der Waals surface area contributed by atoms with Crippen LogP contribution in [0.25, 0.3) is 11.0 Å². The molecule has 3 aromatic rings. The van der Waals surface area contributed by atoms with Crippen molar-refractivity contribution in [2.24, 2.45) is 10.9 Å². The molecule has 3 aliphatic rings. The maximum atomic E-state index is 13.7. The number of benzene rings is 1. The third kappa shape index (κ3) is 5.37. The molecule has 1 atom stereocenters. The van der Waals surface area contributed by atoms with E-state index < -0.39 is 0 Å². The Balaban J connectivity index is 1.26. The third-order valence-corrected chi connectivity index (χ3v) is 9.82. The molecule has 0 saturated carbocycles. The Morgan fingerprint density at radius 1 is 1.10 bits per heavy atom. The molecule has 206 valence electrons. The van der Waals surface area contributed by atoms with Crippen LogP contribution in [-0.4, -0.2) is 88.5 Å². The largest absolute Gasteiger partial charge is 0.369 e. The quantitative estimate of drug-likeness (QED) is 0.459. The van der Waals surface area contributed by atoms with Crippen molar-refractivity contribution in [2.45, 2.75) is 26.3 Å². The topological polar surface area (TPSA) is 90.7 Å². The molecule has 10 heteroatoms. The van der Waals surface area contributed by atoms with E-state index in [0.29, 0.717) is 29.6 Å². The van der Waals surface area contributed by atoms with Crippen molar-refractivity contribution >= 4 is 49.5 Å². The van der Waals surface area contributed by atoms with Gasteiger partial charge in [0.15, 0.2) is 0 Å². The first kappa shape index (κ1) is 26.2. The van der Waals surface area contributed by atoms with E-state index in [-0.39, 0.29) is 16.0 Å². The first-order chi connectivity index (χ1) is 19.0. The van der Waals surface area contributed by atoms with E-state index in [4.69, 9.17) is 9.98 Å². The zero-order valence-corrected chi connectivity index (χ0v) is 23.9. The Morgan fingerprint density at radius 2 is 1.85 bits per heavy atom. The minimum absolute atomic E-state index is 0.0177. The summed E-state index contributed by atoms with van der Waals surface area (Å²) in [4.78, 5) is 33.8. The molecule has 0 spiro atoms. The molecule has 2 saturated heterocycles. The number of nitrogens with zero attached hydrogens (tertiary/aromatic N) is 6. The summed E-state index contributed by atoms with van der Waals surface area (Å²) in [5.74, 6) is 1.98. The molecule has 3 aliphatic heterocycles. The second-order valence-corrected chi connectivity index (χ2v) is 12.7. The van der Waals surface area contributed by atoms with Crippen molar-refractivity contribution in [3.8, 4) is 0 Å². The van der Waals surface area contributed by atoms with Crippen LogP contribution in [0.4, 0.5) is 17.3 Å². The lowest BCUT2D eigenvalue weighted by Gasteiger charge is -2.34. The fraction of sp³-hybridized carbons (Fsp3) is 0.483. The summed E-state index contributed by atoms with van der Waals surface area (Å²) in [5.41, 5.74) is 4.75. The number of hydrogen-bond acceptors (Lipinski definition) is 8. The summed E-state index contributed by atoms with van der Waals surface area (Å²) in [6.07, 6.45) is 6.29. The highest BCUT2D eigenvalue weighted by atomic mass is 32.2. The van der Waals surface area contributed by atoms with Crippen molar-refractivity contribution in [3.63, 3.8) is 0 Å². The number of aliphatic imine (C=N–C) groups is 1. The van der Waals surface area contributed by atoms with Crippen LogP contribution in [0.5, 0.6) is 0 Å². The SMILES string of the molecule is CCn1c(=O)c(C2=S(C)CC(C3CCNCC3)=N2)cc2cnc(Nc3ccc(N4CCN(C)CC4)cc3)nc21. The van der Waals surface area contributed by atoms with Gasteiger partial charge in [-0.05, 0) is 76.5 Å². The summed E-state index contributed by atoms with van der Waals surface area (Å²) in [6, 6.07) is 10.4. The highest BCUT2D eigenvalue weighted by Gasteiger charge is 2.26. The normalized spacial score (nSPS) is 21.0. The van der Waals surface area contributed by atoms with Crippen LogP contribution < -0.4 is 21.1 Å². The van der Waals surface area contributed by atoms with E-state index in [1.165, 1.54) is 11.4 Å². The van der Waals surface area contributed by atoms with Crippen molar-refractivity contribution in [2.75, 3.05) is 68.5 Å². The van der Waals surface area contributed by atoms with Crippen LogP contribution in [0.2, 0.25) is 0 Å². The zero-order valence-electron chi connectivity index (χ0n) is 23.1. The van der Waals surface area contributed by atoms with Crippen LogP contribution in [-0.2, 0) is 6.54 Å². The van der Waals surface area contributed by atoms with Crippen molar-refractivity contribution < 1.29 is 0 Å². The molecule has 0 radical (unpaired) electrons. The standard InChI is InChI=1S/C29H38N8OS/c1-4-37-26-21(17-24(28(37)38)27-33-25(19-39(27)3)20-9-11-30-12-10-20)18-31-29(34-26)32-22-5-7-23(8-6-22)36-15-13-35(2)14-16-36/h5-8,17-18,20,30H,4,9-16,19H2,1-3H3,(H,31,32,34). The lowest BCUT2D eigenvalue weighted by atomic mass is 9.93. The van der Waals surface area contributed by atoms with Gasteiger partial charge in [0, 0.05) is 73.1 Å². The van der Waals surface area contributed by atoms with E-state index in [1.54, 1.807) is 4.57 Å². The molecule has 0 aliphatic carbocycles. The van der Waals surface area contributed by atoms with Gasteiger partial charge in [0.25, 0.3) is 5.56 Å². The van der Waals surface area contributed by atoms with Gasteiger partial charge in [-0.15, -0.1) is 0 Å². The zero-order chi connectivity index (χ0) is 26.9. The monoisotopic (exact) mass is 546 g/mol. The minimum atomic E-state index is -0.0734. The smallest absolute Gasteiger partial charge is 0.262 e. The molecule has 5 heterocycles. The van der Waals surface area contributed by atoms with Gasteiger partial charge >= 0.3 is 0 Å². The van der Waals surface area contributed by atoms with E-state index in [0.717, 1.165) is 73.9 Å². The summed E-state index contributed by atoms with van der Waals surface area (Å²) in [6.45, 7) is 8.85. The second-order valence-electron chi connectivity index (χ2n) is 10.8. The van der Waals surface area contributed by atoms with E-state index in [1.807, 2.05) is 19.2 Å². The molecule has 39 heavy (non-hydrogen) atoms. The number of rotatable bonds is 6. The average Bonchev–Trinajstić information content (AvgIpc) is 3.35. The Morgan fingerprint density at radius 3 is 2.56 bits per heavy atom. The Kier molecular flexibility index (Phi) is 7.51. The maximum absolute atomic E-state index is 13.7. The molecule has 1 unspecified atom stereocenters. The van der Waals surface area contributed by atoms with E-state index in [9.17, 15) is 4.79 Å². The van der Waals surface area contributed by atoms with E-state index >= 15 is 0 Å². The van der Waals surface area contributed by atoms with Gasteiger partial charge in [-0.1, -0.05) is 0 Å². The molecule has 9 nitrogen and oxygen atoms in total. The van der Waals surface area contributed by atoms with Crippen LogP contribution in [0.3, 0.4) is 0 Å². The average molecular weight is 547 g/mol. The number of piperidine rings is 1. The number of pyridine rings is 1. The number of aryl methyl sites for hydroxylation is 1. The van der Waals surface area contributed by atoms with Gasteiger partial charge in [0.1, 0.15) is 5.65 Å². The molecule has 0 bridgehead atoms. The van der Waals surface area contributed by atoms with Crippen molar-refractivity contribution in [1.29, 1.82) is 0 Å². The summed E-state index contributed by atoms with van der Waals surface area (Å²) in [7, 11) is 2.09. The predicted molar refractivity (Wildman–Crippen MR) is 164 cm³/mol. The Bertz CT molecular complexity index is 1480. The van der Waals surface area contributed by atoms with Crippen LogP contribution in [0, 0.1) is 5.92 Å². The summed E-state index contributed by atoms with van der Waals surface area (Å²) in [5, 5.41) is 7.62. The number of aromatic nitrogens is 3. The number of anilines is 3. The molecule has 2 N–H and O–H groups in total. The van der Waals surface area contributed by atoms with Crippen LogP contribution >= 0.6 is 10.5 Å². The Labute approximate surface area is 232 Å². The van der Waals surface area contributed by atoms with Gasteiger partial charge in [-0.2, -0.15) is 15.5 Å². The lowest BCUT2D eigenvalue weighted by molar-refractivity contribution is 0.313. The first-order valence-corrected chi connectivity index (χ1v) is 15.8. The highest BCUT2D eigenvalue weighted by molar-refractivity contribution is 8.16. The van der Waals surface area contributed by atoms with Crippen molar-refractivity contribution in [3.05, 3.63) is 52.4 Å². The minimum Gasteiger partial charge on any atom is -0.369 e. The van der Waals surface area contributed by atoms with Crippen LogP contribution in [0.1, 0.15) is 25.3 Å². The summed E-state index contributed by atoms with van der Waals surface area (Å²) >= 11 is 0. The van der Waals surface area contributed by atoms with Crippen LogP contribution in [0.15, 0.2) is 46.3 Å². The van der Waals surface area contributed by atoms with Gasteiger partial charge in [0.2, 0.25) is 5.95 Å². The van der Waals surface area contributed by atoms with Gasteiger partial charge in [-0.25, -0.2) is 9.98 Å². The molecule has 2 fully saturated rings. The number of fused-ring (bicyclic) bond motifs is 1.